The van der Waals surface area contributed by atoms with Crippen molar-refractivity contribution in [2.24, 2.45) is 0 Å². The average Bonchev–Trinajstić information content (AvgIpc) is 2.39. The van der Waals surface area contributed by atoms with E-state index >= 15 is 0 Å². The highest BCUT2D eigenvalue weighted by Crippen LogP contribution is 2.09. The number of nitrogens with zero attached hydrogens (tertiary/aromatic N) is 1. The zero-order valence-corrected chi connectivity index (χ0v) is 9.82. The van der Waals surface area contributed by atoms with Gasteiger partial charge in [0.1, 0.15) is 11.6 Å². The number of halogens is 3. The second-order valence-corrected chi connectivity index (χ2v) is 3.73. The molecule has 0 bridgehead atoms. The van der Waals surface area contributed by atoms with Gasteiger partial charge >= 0.3 is 5.97 Å². The molecule has 0 aliphatic carbocycles. The van der Waals surface area contributed by atoms with Crippen LogP contribution in [0.25, 0.3) is 0 Å². The van der Waals surface area contributed by atoms with Crippen LogP contribution in [0.2, 0.25) is 0 Å². The number of carboxylic acid groups (broad SMARTS) is 1. The summed E-state index contributed by atoms with van der Waals surface area (Å²) in [6.07, 6.45) is 1.04. The van der Waals surface area contributed by atoms with Gasteiger partial charge in [-0.15, -0.1) is 0 Å². The molecule has 0 saturated heterocycles. The smallest absolute Gasteiger partial charge is 0.357 e. The summed E-state index contributed by atoms with van der Waals surface area (Å²) >= 11 is 0. The number of carbonyl (C=O) groups is 1. The molecule has 1 N–H and O–H groups in total. The number of benzene rings is 1. The molecule has 2 aromatic rings. The Kier molecular flexibility index (Phi) is 3.71. The normalized spacial score (nSPS) is 9.75. The highest BCUT2D eigenvalue weighted by molar-refractivity contribution is 5.85. The molecule has 0 spiro atoms. The number of carboxylic acids is 1. The molecule has 0 atom stereocenters. The van der Waals surface area contributed by atoms with E-state index in [-0.39, 0.29) is 11.1 Å². The van der Waals surface area contributed by atoms with Crippen molar-refractivity contribution in [1.82, 2.24) is 4.98 Å². The van der Waals surface area contributed by atoms with Crippen molar-refractivity contribution in [3.63, 3.8) is 0 Å². The van der Waals surface area contributed by atoms with E-state index < -0.39 is 29.1 Å². The molecule has 20 heavy (non-hydrogen) atoms. The molecular formula is C14H6F3NO2. The van der Waals surface area contributed by atoms with Crippen LogP contribution >= 0.6 is 0 Å². The van der Waals surface area contributed by atoms with Crippen LogP contribution in [-0.4, -0.2) is 16.1 Å². The second-order valence-electron chi connectivity index (χ2n) is 3.73. The molecule has 0 radical (unpaired) electrons. The molecule has 6 heteroatoms. The van der Waals surface area contributed by atoms with Crippen LogP contribution < -0.4 is 0 Å². The first kappa shape index (κ1) is 13.6. The first-order chi connectivity index (χ1) is 9.47. The minimum atomic E-state index is -1.50. The standard InChI is InChI=1S/C14H6F3NO2/c15-10-3-4-11(16)9(6-10)2-1-8-5-12(17)13(14(19)20)18-7-8/h3-7H,(H,19,20). The van der Waals surface area contributed by atoms with E-state index in [0.29, 0.717) is 0 Å². The summed E-state index contributed by atoms with van der Waals surface area (Å²) in [7, 11) is 0. The molecule has 1 aromatic carbocycles. The fraction of sp³-hybridized carbons (Fsp3) is 0. The van der Waals surface area contributed by atoms with Crippen LogP contribution in [0.5, 0.6) is 0 Å². The fourth-order valence-corrected chi connectivity index (χ4v) is 1.40. The predicted molar refractivity (Wildman–Crippen MR) is 63.5 cm³/mol. The molecule has 0 fully saturated rings. The van der Waals surface area contributed by atoms with Crippen molar-refractivity contribution < 1.29 is 23.1 Å². The Morgan fingerprint density at radius 3 is 2.50 bits per heavy atom. The Labute approximate surface area is 111 Å². The van der Waals surface area contributed by atoms with Crippen molar-refractivity contribution in [3.8, 4) is 11.8 Å². The van der Waals surface area contributed by atoms with Crippen molar-refractivity contribution in [3.05, 3.63) is 64.7 Å². The van der Waals surface area contributed by atoms with Gasteiger partial charge in [-0.3, -0.25) is 0 Å². The lowest BCUT2D eigenvalue weighted by Crippen LogP contribution is -2.04. The van der Waals surface area contributed by atoms with Crippen LogP contribution in [-0.2, 0) is 0 Å². The largest absolute Gasteiger partial charge is 0.476 e. The average molecular weight is 277 g/mol. The summed E-state index contributed by atoms with van der Waals surface area (Å²) in [5, 5.41) is 8.60. The van der Waals surface area contributed by atoms with E-state index in [1.165, 1.54) is 0 Å². The van der Waals surface area contributed by atoms with E-state index in [0.717, 1.165) is 30.5 Å². The van der Waals surface area contributed by atoms with Gasteiger partial charge in [0.15, 0.2) is 11.5 Å². The number of pyridine rings is 1. The van der Waals surface area contributed by atoms with E-state index in [9.17, 15) is 18.0 Å². The van der Waals surface area contributed by atoms with Gasteiger partial charge in [-0.1, -0.05) is 11.8 Å². The summed E-state index contributed by atoms with van der Waals surface area (Å²) in [4.78, 5) is 13.9. The van der Waals surface area contributed by atoms with Crippen LogP contribution in [0, 0.1) is 29.3 Å². The van der Waals surface area contributed by atoms with Gasteiger partial charge in [0, 0.05) is 11.8 Å². The lowest BCUT2D eigenvalue weighted by Gasteiger charge is -1.97. The number of rotatable bonds is 1. The summed E-state index contributed by atoms with van der Waals surface area (Å²) in [5.41, 5.74) is -0.864. The Bertz CT molecular complexity index is 748. The molecule has 0 saturated carbocycles. The van der Waals surface area contributed by atoms with Crippen molar-refractivity contribution in [1.29, 1.82) is 0 Å². The summed E-state index contributed by atoms with van der Waals surface area (Å²) in [6.45, 7) is 0. The van der Waals surface area contributed by atoms with Crippen molar-refractivity contribution >= 4 is 5.97 Å². The summed E-state index contributed by atoms with van der Waals surface area (Å²) in [6, 6.07) is 3.63. The Balaban J connectivity index is 2.36. The highest BCUT2D eigenvalue weighted by atomic mass is 19.1. The van der Waals surface area contributed by atoms with Gasteiger partial charge < -0.3 is 5.11 Å². The molecular weight excluding hydrogens is 271 g/mol. The van der Waals surface area contributed by atoms with E-state index in [1.807, 2.05) is 0 Å². The second kappa shape index (κ2) is 5.45. The lowest BCUT2D eigenvalue weighted by molar-refractivity contribution is 0.0685. The zero-order valence-electron chi connectivity index (χ0n) is 9.82. The molecule has 0 unspecified atom stereocenters. The third kappa shape index (κ3) is 2.95. The maximum absolute atomic E-state index is 13.3. The molecule has 1 aromatic heterocycles. The summed E-state index contributed by atoms with van der Waals surface area (Å²) < 4.78 is 39.5. The molecule has 100 valence electrons. The number of hydrogen-bond acceptors (Lipinski definition) is 2. The van der Waals surface area contributed by atoms with Crippen LogP contribution in [0.1, 0.15) is 21.6 Å². The third-order valence-corrected chi connectivity index (χ3v) is 2.31. The third-order valence-electron chi connectivity index (χ3n) is 2.31. The molecule has 3 nitrogen and oxygen atoms in total. The SMILES string of the molecule is O=C(O)c1ncc(C#Cc2cc(F)ccc2F)cc1F. The van der Waals surface area contributed by atoms with Gasteiger partial charge in [-0.05, 0) is 24.3 Å². The Morgan fingerprint density at radius 1 is 1.10 bits per heavy atom. The van der Waals surface area contributed by atoms with Crippen LogP contribution in [0.3, 0.4) is 0 Å². The molecule has 0 aliphatic heterocycles. The number of aromatic nitrogens is 1. The van der Waals surface area contributed by atoms with Gasteiger partial charge in [-0.25, -0.2) is 22.9 Å². The highest BCUT2D eigenvalue weighted by Gasteiger charge is 2.11. The molecule has 1 heterocycles. The molecule has 0 amide bonds. The Hall–Kier alpha value is -2.81. The summed E-state index contributed by atoms with van der Waals surface area (Å²) in [5.74, 6) is 0.792. The predicted octanol–water partition coefficient (Wildman–Crippen LogP) is 2.60. The first-order valence-electron chi connectivity index (χ1n) is 5.33. The van der Waals surface area contributed by atoms with Crippen molar-refractivity contribution in [2.45, 2.75) is 0 Å². The molecule has 0 aliphatic rings. The topological polar surface area (TPSA) is 50.2 Å². The minimum absolute atomic E-state index is 0.0520. The van der Waals surface area contributed by atoms with Crippen LogP contribution in [0.4, 0.5) is 13.2 Å². The monoisotopic (exact) mass is 277 g/mol. The van der Waals surface area contributed by atoms with Crippen LogP contribution in [0.15, 0.2) is 30.5 Å². The quantitative estimate of drug-likeness (QED) is 0.815. The molecule has 2 rings (SSSR count). The maximum atomic E-state index is 13.3. The van der Waals surface area contributed by atoms with Gasteiger partial charge in [0.05, 0.1) is 5.56 Å². The van der Waals surface area contributed by atoms with Gasteiger partial charge in [0.25, 0.3) is 0 Å². The zero-order chi connectivity index (χ0) is 14.7. The maximum Gasteiger partial charge on any atom is 0.357 e. The lowest BCUT2D eigenvalue weighted by atomic mass is 10.2. The van der Waals surface area contributed by atoms with Crippen molar-refractivity contribution in [2.75, 3.05) is 0 Å². The van der Waals surface area contributed by atoms with Gasteiger partial charge in [-0.2, -0.15) is 0 Å². The van der Waals surface area contributed by atoms with E-state index in [4.69, 9.17) is 5.11 Å². The fourth-order valence-electron chi connectivity index (χ4n) is 1.40. The Morgan fingerprint density at radius 2 is 1.85 bits per heavy atom. The van der Waals surface area contributed by atoms with E-state index in [2.05, 4.69) is 16.8 Å². The number of hydrogen-bond donors (Lipinski definition) is 1. The van der Waals surface area contributed by atoms with Gasteiger partial charge in [0.2, 0.25) is 0 Å². The first-order valence-corrected chi connectivity index (χ1v) is 5.33. The minimum Gasteiger partial charge on any atom is -0.476 e. The number of aromatic carboxylic acids is 1. The van der Waals surface area contributed by atoms with E-state index in [1.54, 1.807) is 0 Å².